The fraction of sp³-hybridized carbons (Fsp3) is 1.00. The summed E-state index contributed by atoms with van der Waals surface area (Å²) >= 11 is 0. The number of rotatable bonds is 7. The van der Waals surface area contributed by atoms with Crippen LogP contribution in [0.4, 0.5) is 0 Å². The molecule has 1 aliphatic carbocycles. The van der Waals surface area contributed by atoms with E-state index in [1.165, 1.54) is 32.1 Å². The Labute approximate surface area is 118 Å². The minimum Gasteiger partial charge on any atom is -0.284 e. The fourth-order valence-corrected chi connectivity index (χ4v) is 2.71. The molecule has 0 amide bonds. The Balaban J connectivity index is 2.29. The maximum absolute atomic E-state index is 5.61. The van der Waals surface area contributed by atoms with Gasteiger partial charge in [0, 0.05) is 0 Å². The van der Waals surface area contributed by atoms with Crippen molar-refractivity contribution in [2.75, 3.05) is 0 Å². The average molecular weight is 290 g/mol. The Bertz CT molecular complexity index is 257. The molecule has 0 spiro atoms. The first kappa shape index (κ1) is 17.1. The van der Waals surface area contributed by atoms with Crippen LogP contribution >= 0.6 is 0 Å². The van der Waals surface area contributed by atoms with Crippen LogP contribution in [-0.2, 0) is 19.2 Å². The molecule has 1 unspecified atom stereocenters. The van der Waals surface area contributed by atoms with Crippen molar-refractivity contribution >= 4 is 8.32 Å². The van der Waals surface area contributed by atoms with Crippen molar-refractivity contribution in [2.45, 2.75) is 84.4 Å². The van der Waals surface area contributed by atoms with Crippen LogP contribution < -0.4 is 0 Å². The highest BCUT2D eigenvalue weighted by molar-refractivity contribution is 6.69. The third kappa shape index (κ3) is 6.86. The fourth-order valence-electron chi connectivity index (χ4n) is 2.29. The van der Waals surface area contributed by atoms with Crippen LogP contribution in [0.5, 0.6) is 0 Å². The predicted octanol–water partition coefficient (Wildman–Crippen LogP) is 4.42. The Kier molecular flexibility index (Phi) is 6.46. The van der Waals surface area contributed by atoms with Gasteiger partial charge in [-0.1, -0.05) is 19.3 Å². The van der Waals surface area contributed by atoms with E-state index in [-0.39, 0.29) is 5.60 Å². The molecule has 0 heterocycles. The van der Waals surface area contributed by atoms with E-state index in [9.17, 15) is 0 Å². The number of hydrogen-bond donors (Lipinski definition) is 0. The molecule has 0 bridgehead atoms. The van der Waals surface area contributed by atoms with Crippen LogP contribution in [0.15, 0.2) is 0 Å². The van der Waals surface area contributed by atoms with Gasteiger partial charge in [0.25, 0.3) is 0 Å². The molecule has 5 heteroatoms. The SMILES string of the molecule is CC(OOC(C)(C)C1CCCCC1)OO[Si](C)(C)C. The van der Waals surface area contributed by atoms with Crippen LogP contribution in [0.3, 0.4) is 0 Å². The first-order valence-electron chi connectivity index (χ1n) is 7.40. The summed E-state index contributed by atoms with van der Waals surface area (Å²) in [6.45, 7) is 12.2. The molecule has 1 fully saturated rings. The van der Waals surface area contributed by atoms with Crippen molar-refractivity contribution < 1.29 is 19.2 Å². The van der Waals surface area contributed by atoms with Crippen LogP contribution in [0.25, 0.3) is 0 Å². The zero-order valence-electron chi connectivity index (χ0n) is 13.3. The van der Waals surface area contributed by atoms with Crippen LogP contribution in [0, 0.1) is 5.92 Å². The zero-order chi connectivity index (χ0) is 14.5. The van der Waals surface area contributed by atoms with Gasteiger partial charge in [0.2, 0.25) is 14.6 Å². The van der Waals surface area contributed by atoms with Gasteiger partial charge in [-0.25, -0.2) is 14.7 Å². The van der Waals surface area contributed by atoms with Crippen molar-refractivity contribution in [2.24, 2.45) is 5.92 Å². The minimum atomic E-state index is -1.68. The summed E-state index contributed by atoms with van der Waals surface area (Å²) in [5.74, 6) is 0.561. The molecule has 114 valence electrons. The van der Waals surface area contributed by atoms with E-state index in [0.29, 0.717) is 5.92 Å². The summed E-state index contributed by atoms with van der Waals surface area (Å²) in [6, 6.07) is 0. The molecule has 1 atom stereocenters. The van der Waals surface area contributed by atoms with E-state index in [0.717, 1.165) is 0 Å². The second kappa shape index (κ2) is 7.18. The van der Waals surface area contributed by atoms with Crippen molar-refractivity contribution in [1.82, 2.24) is 0 Å². The van der Waals surface area contributed by atoms with Gasteiger partial charge in [0.15, 0.2) is 0 Å². The molecule has 0 saturated heterocycles. The molecule has 1 rings (SSSR count). The normalized spacial score (nSPS) is 20.5. The second-order valence-corrected chi connectivity index (χ2v) is 11.4. The van der Waals surface area contributed by atoms with E-state index in [1.54, 1.807) is 6.92 Å². The third-order valence-electron chi connectivity index (χ3n) is 3.42. The first-order chi connectivity index (χ1) is 8.71. The third-order valence-corrected chi connectivity index (χ3v) is 4.02. The van der Waals surface area contributed by atoms with E-state index >= 15 is 0 Å². The summed E-state index contributed by atoms with van der Waals surface area (Å²) in [6.07, 6.45) is 5.87. The lowest BCUT2D eigenvalue weighted by Crippen LogP contribution is -2.37. The van der Waals surface area contributed by atoms with Gasteiger partial charge < -0.3 is 0 Å². The molecule has 19 heavy (non-hydrogen) atoms. The summed E-state index contributed by atoms with van der Waals surface area (Å²) in [5, 5.41) is 0. The lowest BCUT2D eigenvalue weighted by molar-refractivity contribution is -0.465. The Hall–Kier alpha value is 0.0569. The van der Waals surface area contributed by atoms with E-state index in [1.807, 2.05) is 0 Å². The maximum atomic E-state index is 5.61. The van der Waals surface area contributed by atoms with Crippen LogP contribution in [0.1, 0.15) is 52.9 Å². The molecule has 0 radical (unpaired) electrons. The standard InChI is InChI=1S/C14H30O4Si/c1-12(16-18-19(4,5)6)15-17-14(2,3)13-10-8-7-9-11-13/h12-13H,7-11H2,1-6H3. The molecule has 4 nitrogen and oxygen atoms in total. The molecule has 0 aromatic heterocycles. The maximum Gasteiger partial charge on any atom is 0.230 e. The van der Waals surface area contributed by atoms with Gasteiger partial charge in [-0.3, -0.25) is 4.58 Å². The Morgan fingerprint density at radius 1 is 1.00 bits per heavy atom. The largest absolute Gasteiger partial charge is 0.284 e. The summed E-state index contributed by atoms with van der Waals surface area (Å²) in [5.41, 5.74) is -0.267. The van der Waals surface area contributed by atoms with E-state index < -0.39 is 14.6 Å². The monoisotopic (exact) mass is 290 g/mol. The summed E-state index contributed by atoms with van der Waals surface area (Å²) in [4.78, 5) is 16.1. The highest BCUT2D eigenvalue weighted by Crippen LogP contribution is 2.35. The summed E-state index contributed by atoms with van der Waals surface area (Å²) < 4.78 is 5.34. The molecule has 0 aliphatic heterocycles. The van der Waals surface area contributed by atoms with Gasteiger partial charge in [0.1, 0.15) is 5.60 Å². The summed E-state index contributed by atoms with van der Waals surface area (Å²) in [7, 11) is -1.68. The average Bonchev–Trinajstić information content (AvgIpc) is 2.34. The smallest absolute Gasteiger partial charge is 0.230 e. The molecule has 1 aliphatic rings. The minimum absolute atomic E-state index is 0.267. The highest BCUT2D eigenvalue weighted by Gasteiger charge is 2.33. The van der Waals surface area contributed by atoms with E-state index in [2.05, 4.69) is 33.5 Å². The van der Waals surface area contributed by atoms with Crippen molar-refractivity contribution in [3.63, 3.8) is 0 Å². The molecular formula is C14H30O4Si. The zero-order valence-corrected chi connectivity index (χ0v) is 14.3. The van der Waals surface area contributed by atoms with Crippen molar-refractivity contribution in [1.29, 1.82) is 0 Å². The Morgan fingerprint density at radius 3 is 2.11 bits per heavy atom. The Morgan fingerprint density at radius 2 is 1.58 bits per heavy atom. The van der Waals surface area contributed by atoms with Gasteiger partial charge in [-0.15, -0.1) is 0 Å². The van der Waals surface area contributed by atoms with Gasteiger partial charge >= 0.3 is 0 Å². The molecule has 1 saturated carbocycles. The molecular weight excluding hydrogens is 260 g/mol. The van der Waals surface area contributed by atoms with Crippen molar-refractivity contribution in [3.05, 3.63) is 0 Å². The van der Waals surface area contributed by atoms with Crippen LogP contribution in [0.2, 0.25) is 19.6 Å². The predicted molar refractivity (Wildman–Crippen MR) is 77.8 cm³/mol. The van der Waals surface area contributed by atoms with Gasteiger partial charge in [-0.05, 0) is 59.2 Å². The second-order valence-electron chi connectivity index (χ2n) is 6.98. The number of hydrogen-bond acceptors (Lipinski definition) is 4. The van der Waals surface area contributed by atoms with Gasteiger partial charge in [0.05, 0.1) is 0 Å². The lowest BCUT2D eigenvalue weighted by atomic mass is 9.79. The van der Waals surface area contributed by atoms with Gasteiger partial charge in [-0.2, -0.15) is 0 Å². The lowest BCUT2D eigenvalue weighted by Gasteiger charge is -2.36. The molecule has 0 N–H and O–H groups in total. The van der Waals surface area contributed by atoms with E-state index in [4.69, 9.17) is 19.2 Å². The quantitative estimate of drug-likeness (QED) is 0.301. The molecule has 0 aromatic carbocycles. The highest BCUT2D eigenvalue weighted by atomic mass is 28.4. The van der Waals surface area contributed by atoms with Crippen LogP contribution in [-0.4, -0.2) is 20.2 Å². The molecule has 0 aromatic rings. The topological polar surface area (TPSA) is 36.9 Å². The first-order valence-corrected chi connectivity index (χ1v) is 10.8. The van der Waals surface area contributed by atoms with Crippen molar-refractivity contribution in [3.8, 4) is 0 Å².